The normalized spacial score (nSPS) is 12.2. The summed E-state index contributed by atoms with van der Waals surface area (Å²) in [5.41, 5.74) is 0.571. The number of nitrogens with one attached hydrogen (secondary N) is 2. The molecule has 0 aliphatic carbocycles. The van der Waals surface area contributed by atoms with Gasteiger partial charge in [-0.05, 0) is 57.1 Å². The Kier molecular flexibility index (Phi) is 23.6. The average molecular weight is 568 g/mol. The summed E-state index contributed by atoms with van der Waals surface area (Å²) in [5, 5.41) is 5.83. The first-order chi connectivity index (χ1) is 19.2. The first kappa shape index (κ1) is 34.3. The standard InChI is InChI=1S/C32H45N3O2S2/c1-2-3-4-5-6-7-8-9-10-11-12-13-14-15-16-17-18-19-20-23-31(36)34-25-27-38-39-28-26-35-32(37)30-22-21-24-33-29-30/h3-4,6-7,9-10,12-13,15-16,18-19,21-22,24,29H,2,5,8,11,14,17,20,23,25-28H2,1H3,(H,34,36)(H,35,37). The number of rotatable bonds is 22. The summed E-state index contributed by atoms with van der Waals surface area (Å²) in [6, 6.07) is 3.49. The number of nitrogens with zero attached hydrogens (tertiary/aromatic N) is 1. The SMILES string of the molecule is CCC=CCC=CCC=CCC=CCC=CCC=CCCC(=O)NCCSSCCNC(=O)c1cccnc1. The molecule has 0 saturated heterocycles. The van der Waals surface area contributed by atoms with Crippen molar-refractivity contribution < 1.29 is 9.59 Å². The fourth-order valence-corrected chi connectivity index (χ4v) is 4.91. The van der Waals surface area contributed by atoms with Crippen LogP contribution in [0.1, 0.15) is 68.6 Å². The van der Waals surface area contributed by atoms with Crippen molar-refractivity contribution in [1.82, 2.24) is 15.6 Å². The van der Waals surface area contributed by atoms with Crippen LogP contribution in [0.15, 0.2) is 97.4 Å². The second kappa shape index (κ2) is 26.8. The molecule has 1 heterocycles. The number of carbonyl (C=O) groups excluding carboxylic acids is 2. The number of aromatic nitrogens is 1. The maximum atomic E-state index is 11.9. The lowest BCUT2D eigenvalue weighted by atomic mass is 10.2. The van der Waals surface area contributed by atoms with E-state index in [9.17, 15) is 9.59 Å². The van der Waals surface area contributed by atoms with Crippen LogP contribution in [-0.4, -0.2) is 41.4 Å². The van der Waals surface area contributed by atoms with E-state index in [1.54, 1.807) is 46.1 Å². The third kappa shape index (κ3) is 22.9. The van der Waals surface area contributed by atoms with Crippen molar-refractivity contribution >= 4 is 33.4 Å². The lowest BCUT2D eigenvalue weighted by molar-refractivity contribution is -0.120. The zero-order valence-electron chi connectivity index (χ0n) is 23.3. The minimum atomic E-state index is -0.104. The lowest BCUT2D eigenvalue weighted by Gasteiger charge is -2.05. The molecule has 212 valence electrons. The van der Waals surface area contributed by atoms with Gasteiger partial charge in [-0.15, -0.1) is 0 Å². The highest BCUT2D eigenvalue weighted by atomic mass is 33.1. The van der Waals surface area contributed by atoms with Gasteiger partial charge in [0, 0.05) is 43.4 Å². The van der Waals surface area contributed by atoms with Crippen LogP contribution in [-0.2, 0) is 4.79 Å². The second-order valence-electron chi connectivity index (χ2n) is 8.45. The molecular weight excluding hydrogens is 523 g/mol. The summed E-state index contributed by atoms with van der Waals surface area (Å²) in [4.78, 5) is 27.8. The molecule has 1 rings (SSSR count). The number of amides is 2. The molecule has 2 amide bonds. The third-order valence-corrected chi connectivity index (χ3v) is 7.53. The largest absolute Gasteiger partial charge is 0.355 e. The van der Waals surface area contributed by atoms with Crippen LogP contribution in [0.3, 0.4) is 0 Å². The predicted octanol–water partition coefficient (Wildman–Crippen LogP) is 7.79. The van der Waals surface area contributed by atoms with E-state index in [-0.39, 0.29) is 11.8 Å². The van der Waals surface area contributed by atoms with Crippen LogP contribution in [0, 0.1) is 0 Å². The molecule has 0 radical (unpaired) electrons. The Bertz CT molecular complexity index is 938. The van der Waals surface area contributed by atoms with E-state index in [1.165, 1.54) is 0 Å². The lowest BCUT2D eigenvalue weighted by Crippen LogP contribution is -2.26. The van der Waals surface area contributed by atoms with E-state index in [1.807, 2.05) is 0 Å². The van der Waals surface area contributed by atoms with Crippen molar-refractivity contribution in [3.05, 3.63) is 103 Å². The maximum absolute atomic E-state index is 11.9. The molecule has 1 aromatic heterocycles. The third-order valence-electron chi connectivity index (χ3n) is 5.12. The summed E-state index contributed by atoms with van der Waals surface area (Å²) in [5.74, 6) is 1.64. The van der Waals surface area contributed by atoms with Gasteiger partial charge in [-0.3, -0.25) is 14.6 Å². The molecule has 5 nitrogen and oxygen atoms in total. The molecule has 2 N–H and O–H groups in total. The van der Waals surface area contributed by atoms with Crippen molar-refractivity contribution in [2.24, 2.45) is 0 Å². The zero-order valence-corrected chi connectivity index (χ0v) is 24.9. The van der Waals surface area contributed by atoms with Gasteiger partial charge in [0.2, 0.25) is 5.91 Å². The van der Waals surface area contributed by atoms with E-state index in [4.69, 9.17) is 0 Å². The van der Waals surface area contributed by atoms with Crippen LogP contribution in [0.4, 0.5) is 0 Å². The predicted molar refractivity (Wildman–Crippen MR) is 172 cm³/mol. The molecule has 0 aromatic carbocycles. The van der Waals surface area contributed by atoms with Gasteiger partial charge in [0.05, 0.1) is 5.56 Å². The number of pyridine rings is 1. The number of carbonyl (C=O) groups is 2. The molecule has 1 aromatic rings. The number of allylic oxidation sites excluding steroid dienone is 12. The van der Waals surface area contributed by atoms with E-state index >= 15 is 0 Å². The Hall–Kier alpha value is -2.77. The van der Waals surface area contributed by atoms with Crippen LogP contribution in [0.5, 0.6) is 0 Å². The number of hydrogen-bond acceptors (Lipinski definition) is 5. The van der Waals surface area contributed by atoms with E-state index < -0.39 is 0 Å². The summed E-state index contributed by atoms with van der Waals surface area (Å²) in [6.07, 6.45) is 36.6. The van der Waals surface area contributed by atoms with Gasteiger partial charge in [0.1, 0.15) is 0 Å². The highest BCUT2D eigenvalue weighted by Crippen LogP contribution is 2.19. The smallest absolute Gasteiger partial charge is 0.252 e. The Balaban J connectivity index is 1.89. The molecule has 0 spiro atoms. The summed E-state index contributed by atoms with van der Waals surface area (Å²) in [6.45, 7) is 3.41. The Labute approximate surface area is 243 Å². The van der Waals surface area contributed by atoms with Crippen LogP contribution in [0.25, 0.3) is 0 Å². The first-order valence-corrected chi connectivity index (χ1v) is 16.3. The summed E-state index contributed by atoms with van der Waals surface area (Å²) < 4.78 is 0. The monoisotopic (exact) mass is 567 g/mol. The van der Waals surface area contributed by atoms with Gasteiger partial charge in [-0.2, -0.15) is 0 Å². The number of hydrogen-bond donors (Lipinski definition) is 2. The molecule has 7 heteroatoms. The van der Waals surface area contributed by atoms with Crippen molar-refractivity contribution in [2.75, 3.05) is 24.6 Å². The molecule has 0 bridgehead atoms. The fraction of sp³-hybridized carbons (Fsp3) is 0.406. The molecule has 0 unspecified atom stereocenters. The van der Waals surface area contributed by atoms with E-state index in [0.717, 1.165) is 56.5 Å². The quantitative estimate of drug-likeness (QED) is 0.0850. The average Bonchev–Trinajstić information content (AvgIpc) is 2.96. The van der Waals surface area contributed by atoms with Crippen molar-refractivity contribution in [3.63, 3.8) is 0 Å². The molecule has 0 saturated carbocycles. The van der Waals surface area contributed by atoms with Crippen LogP contribution < -0.4 is 10.6 Å². The van der Waals surface area contributed by atoms with Crippen molar-refractivity contribution in [1.29, 1.82) is 0 Å². The highest BCUT2D eigenvalue weighted by Gasteiger charge is 2.03. The summed E-state index contributed by atoms with van der Waals surface area (Å²) >= 11 is 0. The maximum Gasteiger partial charge on any atom is 0.252 e. The minimum Gasteiger partial charge on any atom is -0.355 e. The van der Waals surface area contributed by atoms with E-state index in [0.29, 0.717) is 25.1 Å². The molecule has 0 fully saturated rings. The van der Waals surface area contributed by atoms with E-state index in [2.05, 4.69) is 95.5 Å². The fourth-order valence-electron chi connectivity index (χ4n) is 3.10. The second-order valence-corrected chi connectivity index (χ2v) is 11.1. The molecular formula is C32H45N3O2S2. The van der Waals surface area contributed by atoms with Gasteiger partial charge in [-0.25, -0.2) is 0 Å². The molecule has 0 aliphatic heterocycles. The van der Waals surface area contributed by atoms with Crippen molar-refractivity contribution in [3.8, 4) is 0 Å². The van der Waals surface area contributed by atoms with Gasteiger partial charge < -0.3 is 10.6 Å². The van der Waals surface area contributed by atoms with Gasteiger partial charge >= 0.3 is 0 Å². The zero-order chi connectivity index (χ0) is 28.1. The van der Waals surface area contributed by atoms with Gasteiger partial charge in [0.25, 0.3) is 5.91 Å². The Morgan fingerprint density at radius 1 is 0.744 bits per heavy atom. The molecule has 0 aliphatic rings. The topological polar surface area (TPSA) is 71.1 Å². The van der Waals surface area contributed by atoms with Crippen LogP contribution >= 0.6 is 21.6 Å². The Morgan fingerprint density at radius 2 is 1.26 bits per heavy atom. The van der Waals surface area contributed by atoms with Gasteiger partial charge in [-0.1, -0.05) is 101 Å². The molecule has 0 atom stereocenters. The molecule has 39 heavy (non-hydrogen) atoms. The van der Waals surface area contributed by atoms with Crippen molar-refractivity contribution in [2.45, 2.75) is 58.3 Å². The van der Waals surface area contributed by atoms with Gasteiger partial charge in [0.15, 0.2) is 0 Å². The first-order valence-electron chi connectivity index (χ1n) is 13.8. The Morgan fingerprint density at radius 3 is 1.77 bits per heavy atom. The highest BCUT2D eigenvalue weighted by molar-refractivity contribution is 8.76. The summed E-state index contributed by atoms with van der Waals surface area (Å²) in [7, 11) is 3.39. The minimum absolute atomic E-state index is 0.0869. The van der Waals surface area contributed by atoms with Crippen LogP contribution in [0.2, 0.25) is 0 Å².